The van der Waals surface area contributed by atoms with Gasteiger partial charge in [0.15, 0.2) is 0 Å². The highest BCUT2D eigenvalue weighted by atomic mass is 19.1. The Kier molecular flexibility index (Phi) is 5.74. The Labute approximate surface area is 158 Å². The smallest absolute Gasteiger partial charge is 0.233 e. The molecule has 0 aliphatic carbocycles. The molecule has 0 unspecified atom stereocenters. The molecule has 142 valence electrons. The highest BCUT2D eigenvalue weighted by molar-refractivity contribution is 6.03. The van der Waals surface area contributed by atoms with E-state index in [-0.39, 0.29) is 24.1 Å². The molecule has 2 aromatic carbocycles. The van der Waals surface area contributed by atoms with Crippen molar-refractivity contribution in [3.63, 3.8) is 0 Å². The number of halogens is 1. The molecule has 0 saturated carbocycles. The number of aryl methyl sites for hydroxylation is 2. The van der Waals surface area contributed by atoms with Crippen LogP contribution in [-0.2, 0) is 9.59 Å². The number of carbonyl (C=O) groups is 2. The average molecular weight is 369 g/mol. The van der Waals surface area contributed by atoms with E-state index < -0.39 is 0 Å². The molecule has 1 aliphatic rings. The molecule has 0 radical (unpaired) electrons. The third kappa shape index (κ3) is 4.64. The Morgan fingerprint density at radius 2 is 1.70 bits per heavy atom. The second-order valence-corrected chi connectivity index (χ2v) is 6.84. The van der Waals surface area contributed by atoms with E-state index in [4.69, 9.17) is 0 Å². The molecule has 1 aliphatic heterocycles. The highest BCUT2D eigenvalue weighted by Crippen LogP contribution is 2.20. The second-order valence-electron chi connectivity index (χ2n) is 6.84. The lowest BCUT2D eigenvalue weighted by molar-refractivity contribution is -0.134. The summed E-state index contributed by atoms with van der Waals surface area (Å²) in [6, 6.07) is 12.3. The molecule has 1 fully saturated rings. The maximum absolute atomic E-state index is 13.9. The number of rotatable bonds is 4. The van der Waals surface area contributed by atoms with E-state index in [1.807, 2.05) is 36.9 Å². The van der Waals surface area contributed by atoms with Gasteiger partial charge in [-0.3, -0.25) is 9.59 Å². The van der Waals surface area contributed by atoms with Crippen molar-refractivity contribution in [1.82, 2.24) is 4.90 Å². The normalized spacial score (nSPS) is 14.2. The number of hydrogen-bond donors (Lipinski definition) is 1. The van der Waals surface area contributed by atoms with Gasteiger partial charge in [0.1, 0.15) is 12.2 Å². The van der Waals surface area contributed by atoms with Crippen molar-refractivity contribution >= 4 is 23.2 Å². The van der Waals surface area contributed by atoms with E-state index >= 15 is 0 Å². The van der Waals surface area contributed by atoms with Crippen molar-refractivity contribution < 1.29 is 14.0 Å². The molecule has 0 aromatic heterocycles. The highest BCUT2D eigenvalue weighted by Gasteiger charge is 2.24. The van der Waals surface area contributed by atoms with Gasteiger partial charge < -0.3 is 15.1 Å². The Balaban J connectivity index is 1.51. The molecule has 1 heterocycles. The molecule has 2 amide bonds. The predicted octanol–water partition coefficient (Wildman–Crippen LogP) is 3.12. The zero-order valence-electron chi connectivity index (χ0n) is 15.7. The fourth-order valence-corrected chi connectivity index (χ4v) is 3.18. The van der Waals surface area contributed by atoms with E-state index in [0.717, 1.165) is 11.1 Å². The van der Waals surface area contributed by atoms with Crippen molar-refractivity contribution in [3.05, 3.63) is 59.4 Å². The van der Waals surface area contributed by atoms with E-state index in [0.29, 0.717) is 37.6 Å². The van der Waals surface area contributed by atoms with Gasteiger partial charge in [0.2, 0.25) is 11.8 Å². The first kappa shape index (κ1) is 18.9. The van der Waals surface area contributed by atoms with Crippen molar-refractivity contribution in [2.45, 2.75) is 20.3 Å². The standard InChI is InChI=1S/C21H24FN3O2/c1-15-7-8-17(13-16(15)2)23-20(26)14-21(27)25-11-9-24(10-12-25)19-6-4-3-5-18(19)22/h3-8,13H,9-12,14H2,1-2H3,(H,23,26). The van der Waals surface area contributed by atoms with E-state index in [1.54, 1.807) is 23.1 Å². The number of nitrogens with zero attached hydrogens (tertiary/aromatic N) is 2. The maximum atomic E-state index is 13.9. The summed E-state index contributed by atoms with van der Waals surface area (Å²) in [5.41, 5.74) is 3.48. The summed E-state index contributed by atoms with van der Waals surface area (Å²) in [7, 11) is 0. The minimum Gasteiger partial charge on any atom is -0.366 e. The van der Waals surface area contributed by atoms with Crippen LogP contribution in [0.2, 0.25) is 0 Å². The lowest BCUT2D eigenvalue weighted by Gasteiger charge is -2.36. The van der Waals surface area contributed by atoms with Crippen LogP contribution >= 0.6 is 0 Å². The lowest BCUT2D eigenvalue weighted by atomic mass is 10.1. The van der Waals surface area contributed by atoms with Crippen LogP contribution in [0.5, 0.6) is 0 Å². The summed E-state index contributed by atoms with van der Waals surface area (Å²) in [4.78, 5) is 28.2. The van der Waals surface area contributed by atoms with Crippen molar-refractivity contribution in [3.8, 4) is 0 Å². The first-order valence-electron chi connectivity index (χ1n) is 9.08. The summed E-state index contributed by atoms with van der Waals surface area (Å²) >= 11 is 0. The molecule has 0 bridgehead atoms. The van der Waals surface area contributed by atoms with Gasteiger partial charge in [-0.25, -0.2) is 4.39 Å². The van der Waals surface area contributed by atoms with Crippen LogP contribution in [0.3, 0.4) is 0 Å². The molecule has 0 atom stereocenters. The minimum atomic E-state index is -0.320. The Hall–Kier alpha value is -2.89. The van der Waals surface area contributed by atoms with Gasteiger partial charge in [0.25, 0.3) is 0 Å². The van der Waals surface area contributed by atoms with Crippen molar-refractivity contribution in [1.29, 1.82) is 0 Å². The SMILES string of the molecule is Cc1ccc(NC(=O)CC(=O)N2CCN(c3ccccc3F)CC2)cc1C. The maximum Gasteiger partial charge on any atom is 0.233 e. The zero-order chi connectivity index (χ0) is 19.4. The van der Waals surface area contributed by atoms with Crippen LogP contribution in [0.25, 0.3) is 0 Å². The molecule has 6 heteroatoms. The molecule has 0 spiro atoms. The number of hydrogen-bond acceptors (Lipinski definition) is 3. The Bertz CT molecular complexity index is 845. The summed E-state index contributed by atoms with van der Waals surface area (Å²) in [6.45, 7) is 6.03. The van der Waals surface area contributed by atoms with Crippen molar-refractivity contribution in [2.24, 2.45) is 0 Å². The molecule has 2 aromatic rings. The number of anilines is 2. The Morgan fingerprint density at radius 3 is 2.37 bits per heavy atom. The van der Waals surface area contributed by atoms with Crippen LogP contribution < -0.4 is 10.2 Å². The van der Waals surface area contributed by atoms with Crippen LogP contribution in [0.15, 0.2) is 42.5 Å². The fourth-order valence-electron chi connectivity index (χ4n) is 3.18. The predicted molar refractivity (Wildman–Crippen MR) is 104 cm³/mol. The van der Waals surface area contributed by atoms with Gasteiger partial charge in [-0.2, -0.15) is 0 Å². The second kappa shape index (κ2) is 8.20. The Morgan fingerprint density at radius 1 is 1.00 bits per heavy atom. The number of nitrogens with one attached hydrogen (secondary N) is 1. The van der Waals surface area contributed by atoms with E-state index in [9.17, 15) is 14.0 Å². The molecular weight excluding hydrogens is 345 g/mol. The van der Waals surface area contributed by atoms with E-state index in [2.05, 4.69) is 5.32 Å². The molecule has 3 rings (SSSR count). The number of piperazine rings is 1. The van der Waals surface area contributed by atoms with Gasteiger partial charge in [-0.15, -0.1) is 0 Å². The first-order valence-corrected chi connectivity index (χ1v) is 9.08. The monoisotopic (exact) mass is 369 g/mol. The summed E-state index contributed by atoms with van der Waals surface area (Å²) < 4.78 is 13.9. The number of para-hydroxylation sites is 1. The largest absolute Gasteiger partial charge is 0.366 e. The van der Waals surface area contributed by atoms with Crippen molar-refractivity contribution in [2.75, 3.05) is 36.4 Å². The molecule has 27 heavy (non-hydrogen) atoms. The third-order valence-electron chi connectivity index (χ3n) is 4.93. The number of amides is 2. The minimum absolute atomic E-state index is 0.188. The van der Waals surface area contributed by atoms with Crippen LogP contribution in [-0.4, -0.2) is 42.9 Å². The number of carbonyl (C=O) groups excluding carboxylic acids is 2. The van der Waals surface area contributed by atoms with Crippen LogP contribution in [0.4, 0.5) is 15.8 Å². The number of benzene rings is 2. The van der Waals surface area contributed by atoms with Crippen LogP contribution in [0.1, 0.15) is 17.5 Å². The van der Waals surface area contributed by atoms with Gasteiger partial charge in [0.05, 0.1) is 5.69 Å². The molecule has 1 N–H and O–H groups in total. The third-order valence-corrected chi connectivity index (χ3v) is 4.93. The molecule has 1 saturated heterocycles. The van der Waals surface area contributed by atoms with Gasteiger partial charge >= 0.3 is 0 Å². The quantitative estimate of drug-likeness (QED) is 0.843. The van der Waals surface area contributed by atoms with Gasteiger partial charge in [0, 0.05) is 31.9 Å². The fraction of sp³-hybridized carbons (Fsp3) is 0.333. The topological polar surface area (TPSA) is 52.7 Å². The summed E-state index contributed by atoms with van der Waals surface area (Å²) in [5.74, 6) is -0.783. The van der Waals surface area contributed by atoms with Gasteiger partial charge in [-0.1, -0.05) is 18.2 Å². The zero-order valence-corrected chi connectivity index (χ0v) is 15.7. The molecular formula is C21H24FN3O2. The average Bonchev–Trinajstić information content (AvgIpc) is 2.65. The summed E-state index contributed by atoms with van der Waals surface area (Å²) in [6.07, 6.45) is -0.188. The van der Waals surface area contributed by atoms with E-state index in [1.165, 1.54) is 6.07 Å². The summed E-state index contributed by atoms with van der Waals surface area (Å²) in [5, 5.41) is 2.78. The lowest BCUT2D eigenvalue weighted by Crippen LogP contribution is -2.49. The first-order chi connectivity index (χ1) is 12.9. The molecule has 5 nitrogen and oxygen atoms in total. The van der Waals surface area contributed by atoms with Gasteiger partial charge in [-0.05, 0) is 49.2 Å². The van der Waals surface area contributed by atoms with Crippen LogP contribution in [0, 0.1) is 19.7 Å².